The molecule has 1 rings (SSSR count). The van der Waals surface area contributed by atoms with Crippen molar-refractivity contribution in [2.45, 2.75) is 20.4 Å². The Morgan fingerprint density at radius 2 is 2.45 bits per heavy atom. The van der Waals surface area contributed by atoms with E-state index in [1.807, 2.05) is 6.92 Å². The molecule has 0 saturated carbocycles. The first-order chi connectivity index (χ1) is 5.16. The van der Waals surface area contributed by atoms with Gasteiger partial charge < -0.3 is 9.67 Å². The third-order valence-corrected chi connectivity index (χ3v) is 1.56. The van der Waals surface area contributed by atoms with Crippen LogP contribution in [0.5, 0.6) is 0 Å². The summed E-state index contributed by atoms with van der Waals surface area (Å²) in [5.41, 5.74) is 0.854. The highest BCUT2D eigenvalue weighted by Gasteiger charge is 2.12. The van der Waals surface area contributed by atoms with Crippen LogP contribution in [0, 0.1) is 6.92 Å². The minimum atomic E-state index is -0.915. The standard InChI is InChI=1S/C7H10N2O2/c1-3-9-4-8-5(2)6(9)7(10)11/h4H,3H2,1-2H3,(H,10,11). The minimum Gasteiger partial charge on any atom is -0.477 e. The second-order valence-corrected chi connectivity index (χ2v) is 2.27. The van der Waals surface area contributed by atoms with Crippen LogP contribution in [0.2, 0.25) is 0 Å². The van der Waals surface area contributed by atoms with Crippen LogP contribution in [0.25, 0.3) is 0 Å². The summed E-state index contributed by atoms with van der Waals surface area (Å²) in [6.45, 7) is 4.21. The van der Waals surface area contributed by atoms with Gasteiger partial charge in [0.1, 0.15) is 5.69 Å². The Bertz CT molecular complexity index is 278. The maximum Gasteiger partial charge on any atom is 0.354 e. The molecule has 0 bridgehead atoms. The van der Waals surface area contributed by atoms with Crippen LogP contribution in [0.4, 0.5) is 0 Å². The van der Waals surface area contributed by atoms with Crippen molar-refractivity contribution in [1.82, 2.24) is 9.55 Å². The molecule has 0 aliphatic carbocycles. The van der Waals surface area contributed by atoms with E-state index in [4.69, 9.17) is 5.11 Å². The molecule has 0 saturated heterocycles. The highest BCUT2D eigenvalue weighted by Crippen LogP contribution is 2.05. The van der Waals surface area contributed by atoms with Crippen molar-refractivity contribution in [2.75, 3.05) is 0 Å². The quantitative estimate of drug-likeness (QED) is 0.688. The van der Waals surface area contributed by atoms with Crippen molar-refractivity contribution < 1.29 is 9.90 Å². The van der Waals surface area contributed by atoms with Gasteiger partial charge in [-0.1, -0.05) is 0 Å². The Labute approximate surface area is 64.5 Å². The normalized spacial score (nSPS) is 10.0. The average molecular weight is 154 g/mol. The van der Waals surface area contributed by atoms with E-state index < -0.39 is 5.97 Å². The summed E-state index contributed by atoms with van der Waals surface area (Å²) < 4.78 is 1.61. The van der Waals surface area contributed by atoms with Crippen LogP contribution in [0.1, 0.15) is 23.1 Å². The van der Waals surface area contributed by atoms with Gasteiger partial charge in [0.25, 0.3) is 0 Å². The highest BCUT2D eigenvalue weighted by atomic mass is 16.4. The first-order valence-corrected chi connectivity index (χ1v) is 3.41. The molecule has 60 valence electrons. The monoisotopic (exact) mass is 154 g/mol. The molecule has 0 fully saturated rings. The van der Waals surface area contributed by atoms with Gasteiger partial charge in [0.2, 0.25) is 0 Å². The summed E-state index contributed by atoms with van der Waals surface area (Å²) in [6, 6.07) is 0. The maximum atomic E-state index is 10.6. The molecule has 0 atom stereocenters. The largest absolute Gasteiger partial charge is 0.477 e. The molecule has 1 heterocycles. The molecule has 1 N–H and O–H groups in total. The molecule has 0 aliphatic rings. The average Bonchev–Trinajstić information content (AvgIpc) is 2.30. The minimum absolute atomic E-state index is 0.285. The Hall–Kier alpha value is -1.32. The van der Waals surface area contributed by atoms with Gasteiger partial charge in [0, 0.05) is 6.54 Å². The van der Waals surface area contributed by atoms with Crippen molar-refractivity contribution in [3.8, 4) is 0 Å². The van der Waals surface area contributed by atoms with E-state index in [1.165, 1.54) is 0 Å². The number of hydrogen-bond acceptors (Lipinski definition) is 2. The van der Waals surface area contributed by atoms with Crippen LogP contribution in [-0.4, -0.2) is 20.6 Å². The fourth-order valence-electron chi connectivity index (χ4n) is 1.00. The van der Waals surface area contributed by atoms with Crippen molar-refractivity contribution in [3.05, 3.63) is 17.7 Å². The molecule has 1 aromatic rings. The van der Waals surface area contributed by atoms with E-state index in [-0.39, 0.29) is 5.69 Å². The van der Waals surface area contributed by atoms with Crippen molar-refractivity contribution in [1.29, 1.82) is 0 Å². The van der Waals surface area contributed by atoms with Crippen LogP contribution < -0.4 is 0 Å². The number of carbonyl (C=O) groups is 1. The van der Waals surface area contributed by atoms with Crippen LogP contribution >= 0.6 is 0 Å². The lowest BCUT2D eigenvalue weighted by Crippen LogP contribution is -2.07. The Balaban J connectivity index is 3.17. The molecule has 0 aliphatic heterocycles. The SMILES string of the molecule is CCn1cnc(C)c1C(=O)O. The lowest BCUT2D eigenvalue weighted by molar-refractivity contribution is 0.0684. The fraction of sp³-hybridized carbons (Fsp3) is 0.429. The van der Waals surface area contributed by atoms with Gasteiger partial charge in [-0.15, -0.1) is 0 Å². The summed E-state index contributed by atoms with van der Waals surface area (Å²) >= 11 is 0. The molecular formula is C7H10N2O2. The number of carboxylic acids is 1. The van der Waals surface area contributed by atoms with Crippen molar-refractivity contribution in [2.24, 2.45) is 0 Å². The van der Waals surface area contributed by atoms with Crippen LogP contribution in [-0.2, 0) is 6.54 Å². The zero-order valence-corrected chi connectivity index (χ0v) is 6.53. The maximum absolute atomic E-state index is 10.6. The van der Waals surface area contributed by atoms with Crippen molar-refractivity contribution >= 4 is 5.97 Å². The summed E-state index contributed by atoms with van der Waals surface area (Å²) in [4.78, 5) is 14.5. The van der Waals surface area contributed by atoms with Crippen LogP contribution in [0.15, 0.2) is 6.33 Å². The number of rotatable bonds is 2. The molecule has 0 spiro atoms. The Morgan fingerprint density at radius 1 is 1.82 bits per heavy atom. The molecule has 4 heteroatoms. The Morgan fingerprint density at radius 3 is 2.82 bits per heavy atom. The van der Waals surface area contributed by atoms with E-state index >= 15 is 0 Å². The Kier molecular flexibility index (Phi) is 1.94. The second kappa shape index (κ2) is 2.74. The van der Waals surface area contributed by atoms with Gasteiger partial charge in [-0.3, -0.25) is 0 Å². The first kappa shape index (κ1) is 7.78. The summed E-state index contributed by atoms with van der Waals surface area (Å²) in [6.07, 6.45) is 1.54. The van der Waals surface area contributed by atoms with Crippen LogP contribution in [0.3, 0.4) is 0 Å². The topological polar surface area (TPSA) is 55.1 Å². The zero-order valence-electron chi connectivity index (χ0n) is 6.53. The molecule has 0 radical (unpaired) electrons. The van der Waals surface area contributed by atoms with Gasteiger partial charge in [-0.05, 0) is 13.8 Å². The van der Waals surface area contributed by atoms with E-state index in [9.17, 15) is 4.79 Å². The van der Waals surface area contributed by atoms with Gasteiger partial charge in [0.15, 0.2) is 0 Å². The molecule has 0 amide bonds. The second-order valence-electron chi connectivity index (χ2n) is 2.27. The number of imidazole rings is 1. The van der Waals surface area contributed by atoms with Gasteiger partial charge in [-0.2, -0.15) is 0 Å². The predicted molar refractivity (Wildman–Crippen MR) is 39.6 cm³/mol. The number of nitrogens with zero attached hydrogens (tertiary/aromatic N) is 2. The van der Waals surface area contributed by atoms with Crippen molar-refractivity contribution in [3.63, 3.8) is 0 Å². The number of hydrogen-bond donors (Lipinski definition) is 1. The number of aromatic carboxylic acids is 1. The third kappa shape index (κ3) is 1.24. The third-order valence-electron chi connectivity index (χ3n) is 1.56. The van der Waals surface area contributed by atoms with E-state index in [2.05, 4.69) is 4.98 Å². The summed E-state index contributed by atoms with van der Waals surface area (Å²) in [5, 5.41) is 8.71. The van der Waals surface area contributed by atoms with Gasteiger partial charge in [-0.25, -0.2) is 9.78 Å². The number of carboxylic acid groups (broad SMARTS) is 1. The number of aryl methyl sites for hydroxylation is 2. The summed E-state index contributed by atoms with van der Waals surface area (Å²) in [5.74, 6) is -0.915. The molecular weight excluding hydrogens is 144 g/mol. The van der Waals surface area contributed by atoms with Gasteiger partial charge >= 0.3 is 5.97 Å². The van der Waals surface area contributed by atoms with E-state index in [1.54, 1.807) is 17.8 Å². The number of aromatic nitrogens is 2. The van der Waals surface area contributed by atoms with E-state index in [0.717, 1.165) is 0 Å². The fourth-order valence-corrected chi connectivity index (χ4v) is 1.00. The lowest BCUT2D eigenvalue weighted by Gasteiger charge is -1.99. The zero-order chi connectivity index (χ0) is 8.43. The highest BCUT2D eigenvalue weighted by molar-refractivity contribution is 5.86. The molecule has 0 aromatic carbocycles. The van der Waals surface area contributed by atoms with E-state index in [0.29, 0.717) is 12.2 Å². The molecule has 0 unspecified atom stereocenters. The lowest BCUT2D eigenvalue weighted by atomic mass is 10.3. The molecule has 1 aromatic heterocycles. The smallest absolute Gasteiger partial charge is 0.354 e. The molecule has 11 heavy (non-hydrogen) atoms. The predicted octanol–water partition coefficient (Wildman–Crippen LogP) is 0.910. The van der Waals surface area contributed by atoms with Gasteiger partial charge in [0.05, 0.1) is 12.0 Å². The first-order valence-electron chi connectivity index (χ1n) is 3.41. The molecule has 4 nitrogen and oxygen atoms in total. The summed E-state index contributed by atoms with van der Waals surface area (Å²) in [7, 11) is 0.